The van der Waals surface area contributed by atoms with Gasteiger partial charge in [-0.15, -0.1) is 0 Å². The van der Waals surface area contributed by atoms with Crippen molar-refractivity contribution in [3.63, 3.8) is 0 Å². The van der Waals surface area contributed by atoms with E-state index in [-0.39, 0.29) is 5.75 Å². The second-order valence-corrected chi connectivity index (χ2v) is 5.49. The standard InChI is InChI=1S/C11H18N2O3S/c1-3-13(7-8-17(14,15)16-12)11-6-4-5-10(2)9-11/h4-6,9H,3,7-8,12H2,1-2H3. The first kappa shape index (κ1) is 14.0. The monoisotopic (exact) mass is 258 g/mol. The lowest BCUT2D eigenvalue weighted by Crippen LogP contribution is -2.30. The molecule has 0 radical (unpaired) electrons. The molecule has 1 rings (SSSR count). The number of hydrogen-bond acceptors (Lipinski definition) is 5. The Morgan fingerprint density at radius 2 is 2.12 bits per heavy atom. The zero-order chi connectivity index (χ0) is 12.9. The van der Waals surface area contributed by atoms with Crippen molar-refractivity contribution < 1.29 is 12.7 Å². The van der Waals surface area contributed by atoms with Crippen molar-refractivity contribution in [2.45, 2.75) is 13.8 Å². The highest BCUT2D eigenvalue weighted by atomic mass is 32.2. The molecule has 0 spiro atoms. The molecule has 2 N–H and O–H groups in total. The van der Waals surface area contributed by atoms with Gasteiger partial charge in [-0.2, -0.15) is 18.6 Å². The molecule has 1 aromatic carbocycles. The minimum absolute atomic E-state index is 0.120. The van der Waals surface area contributed by atoms with Gasteiger partial charge in [0.2, 0.25) is 0 Å². The number of hydrogen-bond donors (Lipinski definition) is 1. The zero-order valence-corrected chi connectivity index (χ0v) is 10.9. The highest BCUT2D eigenvalue weighted by molar-refractivity contribution is 7.86. The van der Waals surface area contributed by atoms with Gasteiger partial charge in [0.05, 0.1) is 5.75 Å². The molecular formula is C11H18N2O3S. The van der Waals surface area contributed by atoms with Gasteiger partial charge in [-0.1, -0.05) is 12.1 Å². The van der Waals surface area contributed by atoms with E-state index in [1.54, 1.807) is 0 Å². The molecule has 0 atom stereocenters. The Morgan fingerprint density at radius 3 is 2.65 bits per heavy atom. The predicted octanol–water partition coefficient (Wildman–Crippen LogP) is 1.04. The molecule has 0 heterocycles. The van der Waals surface area contributed by atoms with Crippen LogP contribution in [-0.4, -0.2) is 27.3 Å². The molecule has 0 aliphatic heterocycles. The first-order chi connectivity index (χ1) is 7.98. The van der Waals surface area contributed by atoms with Gasteiger partial charge >= 0.3 is 0 Å². The van der Waals surface area contributed by atoms with Gasteiger partial charge in [0.25, 0.3) is 10.1 Å². The van der Waals surface area contributed by atoms with Crippen LogP contribution < -0.4 is 10.8 Å². The molecule has 0 aliphatic carbocycles. The van der Waals surface area contributed by atoms with Gasteiger partial charge < -0.3 is 4.90 Å². The summed E-state index contributed by atoms with van der Waals surface area (Å²) in [5.74, 6) is 4.57. The molecule has 0 bridgehead atoms. The molecule has 5 nitrogen and oxygen atoms in total. The Hall–Kier alpha value is -1.11. The number of benzene rings is 1. The number of nitrogens with zero attached hydrogens (tertiary/aromatic N) is 1. The van der Waals surface area contributed by atoms with Crippen LogP contribution in [0, 0.1) is 6.92 Å². The quantitative estimate of drug-likeness (QED) is 0.772. The van der Waals surface area contributed by atoms with Crippen molar-refractivity contribution in [1.29, 1.82) is 0 Å². The predicted molar refractivity (Wildman–Crippen MR) is 68.1 cm³/mol. The Bertz CT molecular complexity index is 460. The van der Waals surface area contributed by atoms with Crippen LogP contribution in [0.1, 0.15) is 12.5 Å². The lowest BCUT2D eigenvalue weighted by Gasteiger charge is -2.22. The Labute approximate surface area is 102 Å². The summed E-state index contributed by atoms with van der Waals surface area (Å²) < 4.78 is 26.2. The maximum atomic E-state index is 11.1. The second kappa shape index (κ2) is 6.00. The third-order valence-electron chi connectivity index (χ3n) is 2.51. The van der Waals surface area contributed by atoms with Crippen LogP contribution in [0.4, 0.5) is 5.69 Å². The van der Waals surface area contributed by atoms with Crippen LogP contribution in [0.5, 0.6) is 0 Å². The first-order valence-electron chi connectivity index (χ1n) is 5.41. The van der Waals surface area contributed by atoms with Crippen LogP contribution in [0.25, 0.3) is 0 Å². The summed E-state index contributed by atoms with van der Waals surface area (Å²) in [5.41, 5.74) is 2.14. The molecule has 0 saturated carbocycles. The van der Waals surface area contributed by atoms with E-state index in [2.05, 4.69) is 4.28 Å². The Kier molecular flexibility index (Phi) is 4.92. The second-order valence-electron chi connectivity index (χ2n) is 3.78. The smallest absolute Gasteiger partial charge is 0.284 e. The van der Waals surface area contributed by atoms with Gasteiger partial charge in [-0.3, -0.25) is 0 Å². The summed E-state index contributed by atoms with van der Waals surface area (Å²) in [6.45, 7) is 5.05. The third-order valence-corrected chi connectivity index (χ3v) is 3.48. The van der Waals surface area contributed by atoms with E-state index in [4.69, 9.17) is 5.90 Å². The van der Waals surface area contributed by atoms with E-state index in [0.29, 0.717) is 6.54 Å². The van der Waals surface area contributed by atoms with E-state index < -0.39 is 10.1 Å². The van der Waals surface area contributed by atoms with Gasteiger partial charge in [-0.25, -0.2) is 0 Å². The van der Waals surface area contributed by atoms with E-state index in [9.17, 15) is 8.42 Å². The van der Waals surface area contributed by atoms with Crippen LogP contribution >= 0.6 is 0 Å². The van der Waals surface area contributed by atoms with Crippen LogP contribution in [-0.2, 0) is 14.4 Å². The molecule has 0 aliphatic rings. The summed E-state index contributed by atoms with van der Waals surface area (Å²) in [7, 11) is -3.61. The van der Waals surface area contributed by atoms with E-state index in [1.807, 2.05) is 43.0 Å². The summed E-state index contributed by atoms with van der Waals surface area (Å²) in [4.78, 5) is 1.96. The normalized spacial score (nSPS) is 11.5. The van der Waals surface area contributed by atoms with Gasteiger partial charge in [-0.05, 0) is 31.5 Å². The molecule has 0 aromatic heterocycles. The van der Waals surface area contributed by atoms with Gasteiger partial charge in [0, 0.05) is 18.8 Å². The highest BCUT2D eigenvalue weighted by Gasteiger charge is 2.12. The largest absolute Gasteiger partial charge is 0.371 e. The number of aryl methyl sites for hydroxylation is 1. The van der Waals surface area contributed by atoms with Crippen molar-refractivity contribution in [3.05, 3.63) is 29.8 Å². The van der Waals surface area contributed by atoms with Crippen molar-refractivity contribution in [2.75, 3.05) is 23.7 Å². The van der Waals surface area contributed by atoms with Crippen LogP contribution in [0.3, 0.4) is 0 Å². The molecule has 0 fully saturated rings. The molecule has 0 unspecified atom stereocenters. The van der Waals surface area contributed by atoms with Gasteiger partial charge in [0.15, 0.2) is 0 Å². The molecule has 0 saturated heterocycles. The molecule has 6 heteroatoms. The average molecular weight is 258 g/mol. The van der Waals surface area contributed by atoms with E-state index in [0.717, 1.165) is 17.8 Å². The lowest BCUT2D eigenvalue weighted by atomic mass is 10.2. The molecule has 17 heavy (non-hydrogen) atoms. The van der Waals surface area contributed by atoms with Gasteiger partial charge in [0.1, 0.15) is 0 Å². The molecule has 1 aromatic rings. The van der Waals surface area contributed by atoms with Crippen LogP contribution in [0.15, 0.2) is 24.3 Å². The molecular weight excluding hydrogens is 240 g/mol. The van der Waals surface area contributed by atoms with E-state index in [1.165, 1.54) is 0 Å². The fourth-order valence-electron chi connectivity index (χ4n) is 1.56. The molecule has 96 valence electrons. The minimum atomic E-state index is -3.61. The number of rotatable bonds is 6. The third kappa shape index (κ3) is 4.33. The number of anilines is 1. The Morgan fingerprint density at radius 1 is 1.41 bits per heavy atom. The SMILES string of the molecule is CCN(CCS(=O)(=O)ON)c1cccc(C)c1. The first-order valence-corrected chi connectivity index (χ1v) is 6.99. The van der Waals surface area contributed by atoms with Crippen molar-refractivity contribution in [1.82, 2.24) is 0 Å². The number of nitrogens with two attached hydrogens (primary N) is 1. The Balaban J connectivity index is 2.73. The van der Waals surface area contributed by atoms with Crippen molar-refractivity contribution >= 4 is 15.8 Å². The fourth-order valence-corrected chi connectivity index (χ4v) is 2.10. The molecule has 0 amide bonds. The maximum Gasteiger partial charge on any atom is 0.284 e. The highest BCUT2D eigenvalue weighted by Crippen LogP contribution is 2.15. The summed E-state index contributed by atoms with van der Waals surface area (Å²) in [6.07, 6.45) is 0. The average Bonchev–Trinajstić information content (AvgIpc) is 2.30. The zero-order valence-electron chi connectivity index (χ0n) is 10.1. The minimum Gasteiger partial charge on any atom is -0.371 e. The van der Waals surface area contributed by atoms with Crippen molar-refractivity contribution in [3.8, 4) is 0 Å². The fraction of sp³-hybridized carbons (Fsp3) is 0.455. The summed E-state index contributed by atoms with van der Waals surface area (Å²) in [6, 6.07) is 7.91. The summed E-state index contributed by atoms with van der Waals surface area (Å²) >= 11 is 0. The van der Waals surface area contributed by atoms with Crippen LogP contribution in [0.2, 0.25) is 0 Å². The van der Waals surface area contributed by atoms with Crippen molar-refractivity contribution in [2.24, 2.45) is 5.90 Å². The summed E-state index contributed by atoms with van der Waals surface area (Å²) in [5, 5.41) is 0. The van der Waals surface area contributed by atoms with E-state index >= 15 is 0 Å². The lowest BCUT2D eigenvalue weighted by molar-refractivity contribution is 0.333. The topological polar surface area (TPSA) is 72.6 Å². The maximum absolute atomic E-state index is 11.1.